The Balaban J connectivity index is 0.00000324. The minimum atomic E-state index is -0.778. The van der Waals surface area contributed by atoms with Crippen molar-refractivity contribution in [2.75, 3.05) is 7.11 Å². The van der Waals surface area contributed by atoms with Gasteiger partial charge in [-0.15, -0.1) is 12.4 Å². The van der Waals surface area contributed by atoms with Gasteiger partial charge < -0.3 is 15.2 Å². The number of methoxy groups -OCH3 is 1. The van der Waals surface area contributed by atoms with Gasteiger partial charge >= 0.3 is 11.9 Å². The van der Waals surface area contributed by atoms with E-state index in [0.717, 1.165) is 5.56 Å². The second kappa shape index (κ2) is 9.35. The van der Waals surface area contributed by atoms with E-state index >= 15 is 0 Å². The summed E-state index contributed by atoms with van der Waals surface area (Å²) in [6.07, 6.45) is 0.323. The van der Waals surface area contributed by atoms with Crippen LogP contribution in [-0.2, 0) is 25.7 Å². The summed E-state index contributed by atoms with van der Waals surface area (Å²) >= 11 is 0. The summed E-state index contributed by atoms with van der Waals surface area (Å²) in [4.78, 5) is 22.4. The van der Waals surface area contributed by atoms with Crippen LogP contribution in [0.1, 0.15) is 18.4 Å². The quantitative estimate of drug-likeness (QED) is 0.801. The van der Waals surface area contributed by atoms with Gasteiger partial charge in [0.05, 0.1) is 7.11 Å². The molecular formula is C13H18ClNO4. The third kappa shape index (κ3) is 6.79. The maximum absolute atomic E-state index is 11.4. The van der Waals surface area contributed by atoms with Crippen LogP contribution in [0.4, 0.5) is 0 Å². The minimum Gasteiger partial charge on any atom is -0.468 e. The van der Waals surface area contributed by atoms with Gasteiger partial charge in [-0.1, -0.05) is 30.3 Å². The zero-order valence-corrected chi connectivity index (χ0v) is 11.5. The number of carbonyl (C=O) groups excluding carboxylic acids is 2. The van der Waals surface area contributed by atoms with Crippen molar-refractivity contribution in [1.82, 2.24) is 0 Å². The first kappa shape index (κ1) is 17.4. The van der Waals surface area contributed by atoms with Crippen LogP contribution in [0.15, 0.2) is 30.3 Å². The molecule has 0 bridgehead atoms. The predicted molar refractivity (Wildman–Crippen MR) is 72.7 cm³/mol. The van der Waals surface area contributed by atoms with Crippen molar-refractivity contribution >= 4 is 24.3 Å². The number of halogens is 1. The maximum atomic E-state index is 11.4. The molecule has 0 fully saturated rings. The summed E-state index contributed by atoms with van der Waals surface area (Å²) in [7, 11) is 1.26. The van der Waals surface area contributed by atoms with Crippen LogP contribution < -0.4 is 5.73 Å². The van der Waals surface area contributed by atoms with Crippen LogP contribution in [0.2, 0.25) is 0 Å². The van der Waals surface area contributed by atoms with Crippen molar-refractivity contribution in [1.29, 1.82) is 0 Å². The van der Waals surface area contributed by atoms with Gasteiger partial charge in [-0.05, 0) is 12.0 Å². The first-order valence-electron chi connectivity index (χ1n) is 5.66. The van der Waals surface area contributed by atoms with Crippen LogP contribution in [0, 0.1) is 0 Å². The topological polar surface area (TPSA) is 78.6 Å². The molecule has 0 heterocycles. The van der Waals surface area contributed by atoms with Crippen LogP contribution in [0.25, 0.3) is 0 Å². The van der Waals surface area contributed by atoms with E-state index in [0.29, 0.717) is 0 Å². The molecule has 0 amide bonds. The highest BCUT2D eigenvalue weighted by atomic mass is 35.5. The molecule has 0 aromatic heterocycles. The summed E-state index contributed by atoms with van der Waals surface area (Å²) in [6.45, 7) is 0.229. The van der Waals surface area contributed by atoms with Crippen LogP contribution in [0.5, 0.6) is 0 Å². The molecule has 0 aliphatic carbocycles. The van der Waals surface area contributed by atoms with Crippen molar-refractivity contribution in [3.8, 4) is 0 Å². The second-order valence-electron chi connectivity index (χ2n) is 3.81. The predicted octanol–water partition coefficient (Wildman–Crippen LogP) is 1.43. The van der Waals surface area contributed by atoms with E-state index in [9.17, 15) is 9.59 Å². The smallest absolute Gasteiger partial charge is 0.322 e. The third-order valence-corrected chi connectivity index (χ3v) is 2.41. The Hall–Kier alpha value is -1.59. The SMILES string of the molecule is COC(=O)[C@H](N)CCC(=O)OCc1ccccc1.Cl. The summed E-state index contributed by atoms with van der Waals surface area (Å²) in [5.74, 6) is -0.899. The number of hydrogen-bond donors (Lipinski definition) is 1. The molecule has 0 aliphatic rings. The highest BCUT2D eigenvalue weighted by Gasteiger charge is 2.15. The standard InChI is InChI=1S/C13H17NO4.ClH/c1-17-13(16)11(14)7-8-12(15)18-9-10-5-3-2-4-6-10;/h2-6,11H,7-9,14H2,1H3;1H/t11-;/m1./s1. The summed E-state index contributed by atoms with van der Waals surface area (Å²) in [5, 5.41) is 0. The average molecular weight is 288 g/mol. The molecule has 0 saturated carbocycles. The van der Waals surface area contributed by atoms with Crippen LogP contribution in [0.3, 0.4) is 0 Å². The minimum absolute atomic E-state index is 0. The van der Waals surface area contributed by atoms with Crippen LogP contribution >= 0.6 is 12.4 Å². The second-order valence-corrected chi connectivity index (χ2v) is 3.81. The lowest BCUT2D eigenvalue weighted by Crippen LogP contribution is -2.32. The first-order chi connectivity index (χ1) is 8.63. The Bertz CT molecular complexity index is 397. The first-order valence-corrected chi connectivity index (χ1v) is 5.66. The fraction of sp³-hybridized carbons (Fsp3) is 0.385. The van der Waals surface area contributed by atoms with E-state index in [1.54, 1.807) is 0 Å². The fourth-order valence-electron chi connectivity index (χ4n) is 1.35. The van der Waals surface area contributed by atoms with E-state index in [2.05, 4.69) is 4.74 Å². The molecule has 2 N–H and O–H groups in total. The lowest BCUT2D eigenvalue weighted by molar-refractivity contribution is -0.146. The molecule has 1 atom stereocenters. The zero-order valence-electron chi connectivity index (χ0n) is 10.7. The van der Waals surface area contributed by atoms with Gasteiger partial charge in [0.1, 0.15) is 12.6 Å². The molecule has 0 saturated heterocycles. The molecule has 0 aliphatic heterocycles. The lowest BCUT2D eigenvalue weighted by Gasteiger charge is -2.09. The normalized spacial score (nSPS) is 11.1. The van der Waals surface area contributed by atoms with Gasteiger partial charge in [0.15, 0.2) is 0 Å². The summed E-state index contributed by atoms with van der Waals surface area (Å²) < 4.78 is 9.50. The van der Waals surface area contributed by atoms with Crippen molar-refractivity contribution < 1.29 is 19.1 Å². The molecule has 0 radical (unpaired) electrons. The molecule has 19 heavy (non-hydrogen) atoms. The third-order valence-electron chi connectivity index (χ3n) is 2.41. The van der Waals surface area contributed by atoms with Gasteiger partial charge in [-0.25, -0.2) is 0 Å². The average Bonchev–Trinajstić information content (AvgIpc) is 2.42. The van der Waals surface area contributed by atoms with Crippen molar-refractivity contribution in [2.24, 2.45) is 5.73 Å². The highest BCUT2D eigenvalue weighted by Crippen LogP contribution is 2.04. The van der Waals surface area contributed by atoms with Crippen LogP contribution in [-0.4, -0.2) is 25.1 Å². The monoisotopic (exact) mass is 287 g/mol. The Labute approximate surface area is 118 Å². The van der Waals surface area contributed by atoms with Gasteiger partial charge in [0.25, 0.3) is 0 Å². The molecule has 1 aromatic rings. The lowest BCUT2D eigenvalue weighted by atomic mass is 10.2. The van der Waals surface area contributed by atoms with E-state index in [1.807, 2.05) is 30.3 Å². The number of esters is 2. The van der Waals surface area contributed by atoms with Gasteiger partial charge in [-0.3, -0.25) is 9.59 Å². The Morgan fingerprint density at radius 2 is 1.89 bits per heavy atom. The number of rotatable bonds is 6. The number of carbonyl (C=O) groups is 2. The Morgan fingerprint density at radius 3 is 2.47 bits per heavy atom. The number of ether oxygens (including phenoxy) is 2. The van der Waals surface area contributed by atoms with E-state index < -0.39 is 12.0 Å². The van der Waals surface area contributed by atoms with Gasteiger partial charge in [-0.2, -0.15) is 0 Å². The van der Waals surface area contributed by atoms with Gasteiger partial charge in [0.2, 0.25) is 0 Å². The zero-order chi connectivity index (χ0) is 13.4. The molecule has 6 heteroatoms. The number of benzene rings is 1. The van der Waals surface area contributed by atoms with Crippen molar-refractivity contribution in [3.63, 3.8) is 0 Å². The number of nitrogens with two attached hydrogens (primary N) is 1. The van der Waals surface area contributed by atoms with Crippen molar-refractivity contribution in [3.05, 3.63) is 35.9 Å². The Morgan fingerprint density at radius 1 is 1.26 bits per heavy atom. The number of hydrogen-bond acceptors (Lipinski definition) is 5. The van der Waals surface area contributed by atoms with E-state index in [4.69, 9.17) is 10.5 Å². The molecule has 0 unspecified atom stereocenters. The molecule has 1 aromatic carbocycles. The Kier molecular flexibility index (Phi) is 8.57. The van der Waals surface area contributed by atoms with E-state index in [-0.39, 0.29) is 37.8 Å². The molecule has 1 rings (SSSR count). The molecular weight excluding hydrogens is 270 g/mol. The molecule has 5 nitrogen and oxygen atoms in total. The summed E-state index contributed by atoms with van der Waals surface area (Å²) in [6, 6.07) is 8.59. The molecule has 106 valence electrons. The van der Waals surface area contributed by atoms with Gasteiger partial charge in [0, 0.05) is 6.42 Å². The fourth-order valence-corrected chi connectivity index (χ4v) is 1.35. The largest absolute Gasteiger partial charge is 0.468 e. The van der Waals surface area contributed by atoms with E-state index in [1.165, 1.54) is 7.11 Å². The summed E-state index contributed by atoms with van der Waals surface area (Å²) in [5.41, 5.74) is 6.42. The van der Waals surface area contributed by atoms with Crippen molar-refractivity contribution in [2.45, 2.75) is 25.5 Å². The highest BCUT2D eigenvalue weighted by molar-refractivity contribution is 5.85. The molecule has 0 spiro atoms. The maximum Gasteiger partial charge on any atom is 0.322 e.